The number of rotatable bonds is 3. The van der Waals surface area contributed by atoms with Crippen LogP contribution in [-0.4, -0.2) is 11.0 Å². The molecule has 19 heavy (non-hydrogen) atoms. The van der Waals surface area contributed by atoms with Crippen LogP contribution in [0.15, 0.2) is 22.6 Å². The van der Waals surface area contributed by atoms with Gasteiger partial charge in [-0.2, -0.15) is 4.98 Å². The van der Waals surface area contributed by atoms with Gasteiger partial charge in [-0.15, -0.1) is 0 Å². The molecule has 0 aliphatic heterocycles. The lowest BCUT2D eigenvalue weighted by Crippen LogP contribution is -2.25. The summed E-state index contributed by atoms with van der Waals surface area (Å²) in [6, 6.07) is 5.37. The highest BCUT2D eigenvalue weighted by atomic mass is 19.1. The molecule has 0 radical (unpaired) electrons. The third kappa shape index (κ3) is 2.72. The van der Waals surface area contributed by atoms with E-state index in [9.17, 15) is 4.39 Å². The maximum absolute atomic E-state index is 13.1. The zero-order valence-corrected chi connectivity index (χ0v) is 11.2. The SMILES string of the molecule is CCC1CCC(Nc2nc3ccc(F)cc3o2)CC1. The molecule has 3 rings (SSSR count). The number of oxazole rings is 1. The fourth-order valence-corrected chi connectivity index (χ4v) is 2.85. The Morgan fingerprint density at radius 3 is 2.84 bits per heavy atom. The van der Waals surface area contributed by atoms with Gasteiger partial charge in [0.2, 0.25) is 0 Å². The molecule has 0 amide bonds. The molecule has 102 valence electrons. The van der Waals surface area contributed by atoms with Crippen LogP contribution < -0.4 is 5.32 Å². The van der Waals surface area contributed by atoms with Gasteiger partial charge in [0.15, 0.2) is 5.58 Å². The van der Waals surface area contributed by atoms with Crippen molar-refractivity contribution in [3.05, 3.63) is 24.0 Å². The van der Waals surface area contributed by atoms with Crippen molar-refractivity contribution < 1.29 is 8.81 Å². The molecular formula is C15H19FN2O. The Labute approximate surface area is 112 Å². The number of benzene rings is 1. The Morgan fingerprint density at radius 2 is 2.11 bits per heavy atom. The highest BCUT2D eigenvalue weighted by Crippen LogP contribution is 2.29. The van der Waals surface area contributed by atoms with Crippen molar-refractivity contribution in [2.75, 3.05) is 5.32 Å². The van der Waals surface area contributed by atoms with Crippen LogP contribution in [0.3, 0.4) is 0 Å². The zero-order valence-electron chi connectivity index (χ0n) is 11.2. The number of nitrogens with zero attached hydrogens (tertiary/aromatic N) is 1. The third-order valence-electron chi connectivity index (χ3n) is 4.10. The molecule has 0 atom stereocenters. The second kappa shape index (κ2) is 5.19. The second-order valence-corrected chi connectivity index (χ2v) is 5.40. The van der Waals surface area contributed by atoms with Gasteiger partial charge in [0.25, 0.3) is 6.01 Å². The highest BCUT2D eigenvalue weighted by Gasteiger charge is 2.21. The quantitative estimate of drug-likeness (QED) is 0.893. The molecule has 1 fully saturated rings. The Morgan fingerprint density at radius 1 is 1.32 bits per heavy atom. The molecule has 1 heterocycles. The fraction of sp³-hybridized carbons (Fsp3) is 0.533. The minimum atomic E-state index is -0.293. The average molecular weight is 262 g/mol. The van der Waals surface area contributed by atoms with E-state index in [0.29, 0.717) is 23.2 Å². The van der Waals surface area contributed by atoms with Crippen LogP contribution in [0.2, 0.25) is 0 Å². The molecule has 0 saturated heterocycles. The van der Waals surface area contributed by atoms with Gasteiger partial charge in [-0.05, 0) is 43.7 Å². The van der Waals surface area contributed by atoms with Crippen molar-refractivity contribution >= 4 is 17.1 Å². The Bertz CT molecular complexity index is 558. The van der Waals surface area contributed by atoms with Crippen molar-refractivity contribution in [1.29, 1.82) is 0 Å². The second-order valence-electron chi connectivity index (χ2n) is 5.40. The first-order valence-electron chi connectivity index (χ1n) is 7.07. The van der Waals surface area contributed by atoms with Crippen LogP contribution >= 0.6 is 0 Å². The summed E-state index contributed by atoms with van der Waals surface area (Å²) in [7, 11) is 0. The van der Waals surface area contributed by atoms with Gasteiger partial charge in [0, 0.05) is 12.1 Å². The highest BCUT2D eigenvalue weighted by molar-refractivity contribution is 5.74. The number of aromatic nitrogens is 1. The van der Waals surface area contributed by atoms with Crippen molar-refractivity contribution in [1.82, 2.24) is 4.98 Å². The predicted octanol–water partition coefficient (Wildman–Crippen LogP) is 4.35. The largest absolute Gasteiger partial charge is 0.423 e. The fourth-order valence-electron chi connectivity index (χ4n) is 2.85. The maximum Gasteiger partial charge on any atom is 0.295 e. The molecule has 1 aliphatic carbocycles. The molecule has 1 aromatic heterocycles. The summed E-state index contributed by atoms with van der Waals surface area (Å²) in [5, 5.41) is 3.33. The molecule has 0 bridgehead atoms. The summed E-state index contributed by atoms with van der Waals surface area (Å²) >= 11 is 0. The first kappa shape index (κ1) is 12.5. The predicted molar refractivity (Wildman–Crippen MR) is 73.6 cm³/mol. The van der Waals surface area contributed by atoms with E-state index in [2.05, 4.69) is 17.2 Å². The van der Waals surface area contributed by atoms with Gasteiger partial charge in [0.1, 0.15) is 11.3 Å². The molecule has 4 heteroatoms. The summed E-state index contributed by atoms with van der Waals surface area (Å²) in [6.07, 6.45) is 6.12. The Hall–Kier alpha value is -1.58. The summed E-state index contributed by atoms with van der Waals surface area (Å²) in [5.41, 5.74) is 1.20. The van der Waals surface area contributed by atoms with Crippen LogP contribution in [0.1, 0.15) is 39.0 Å². The molecule has 0 spiro atoms. The summed E-state index contributed by atoms with van der Waals surface area (Å²) in [6.45, 7) is 2.26. The van der Waals surface area contributed by atoms with E-state index in [1.165, 1.54) is 31.4 Å². The normalized spacial score (nSPS) is 23.7. The summed E-state index contributed by atoms with van der Waals surface area (Å²) in [5.74, 6) is 0.578. The first-order valence-corrected chi connectivity index (χ1v) is 7.07. The van der Waals surface area contributed by atoms with Crippen LogP contribution in [0, 0.1) is 11.7 Å². The lowest BCUT2D eigenvalue weighted by atomic mass is 9.85. The molecule has 1 saturated carbocycles. The number of fused-ring (bicyclic) bond motifs is 1. The molecule has 2 aromatic rings. The molecule has 3 nitrogen and oxygen atoms in total. The molecule has 1 aliphatic rings. The number of nitrogens with one attached hydrogen (secondary N) is 1. The van der Waals surface area contributed by atoms with Crippen molar-refractivity contribution in [3.63, 3.8) is 0 Å². The van der Waals surface area contributed by atoms with Crippen molar-refractivity contribution in [3.8, 4) is 0 Å². The Kier molecular flexibility index (Phi) is 3.40. The molecule has 0 unspecified atom stereocenters. The van der Waals surface area contributed by atoms with E-state index in [1.54, 1.807) is 6.07 Å². The monoisotopic (exact) mass is 262 g/mol. The summed E-state index contributed by atoms with van der Waals surface area (Å²) < 4.78 is 18.6. The van der Waals surface area contributed by atoms with E-state index in [0.717, 1.165) is 18.8 Å². The Balaban J connectivity index is 1.68. The van der Waals surface area contributed by atoms with Gasteiger partial charge in [-0.1, -0.05) is 13.3 Å². The first-order chi connectivity index (χ1) is 9.24. The van der Waals surface area contributed by atoms with Gasteiger partial charge in [-0.25, -0.2) is 4.39 Å². The van der Waals surface area contributed by atoms with E-state index >= 15 is 0 Å². The van der Waals surface area contributed by atoms with E-state index in [4.69, 9.17) is 4.42 Å². The van der Waals surface area contributed by atoms with Gasteiger partial charge in [-0.3, -0.25) is 0 Å². The van der Waals surface area contributed by atoms with Gasteiger partial charge in [0.05, 0.1) is 0 Å². The van der Waals surface area contributed by atoms with E-state index < -0.39 is 0 Å². The number of halogens is 1. The number of hydrogen-bond acceptors (Lipinski definition) is 3. The van der Waals surface area contributed by atoms with Crippen LogP contribution in [0.4, 0.5) is 10.4 Å². The third-order valence-corrected chi connectivity index (χ3v) is 4.10. The molecule has 1 aromatic carbocycles. The van der Waals surface area contributed by atoms with Crippen LogP contribution in [-0.2, 0) is 0 Å². The smallest absolute Gasteiger partial charge is 0.295 e. The number of anilines is 1. The summed E-state index contributed by atoms with van der Waals surface area (Å²) in [4.78, 5) is 4.34. The van der Waals surface area contributed by atoms with Crippen LogP contribution in [0.5, 0.6) is 0 Å². The van der Waals surface area contributed by atoms with E-state index in [-0.39, 0.29) is 5.82 Å². The van der Waals surface area contributed by atoms with Gasteiger partial charge < -0.3 is 9.73 Å². The van der Waals surface area contributed by atoms with E-state index in [1.807, 2.05) is 0 Å². The van der Waals surface area contributed by atoms with Crippen LogP contribution in [0.25, 0.3) is 11.1 Å². The standard InChI is InChI=1S/C15H19FN2O/c1-2-10-3-6-12(7-4-10)17-15-18-13-8-5-11(16)9-14(13)19-15/h5,8-10,12H,2-4,6-7H2,1H3,(H,17,18). The van der Waals surface area contributed by atoms with Crippen molar-refractivity contribution in [2.45, 2.75) is 45.1 Å². The minimum absolute atomic E-state index is 0.293. The molecular weight excluding hydrogens is 243 g/mol. The van der Waals surface area contributed by atoms with Gasteiger partial charge >= 0.3 is 0 Å². The lowest BCUT2D eigenvalue weighted by Gasteiger charge is -2.27. The number of hydrogen-bond donors (Lipinski definition) is 1. The maximum atomic E-state index is 13.1. The lowest BCUT2D eigenvalue weighted by molar-refractivity contribution is 0.327. The minimum Gasteiger partial charge on any atom is -0.423 e. The average Bonchev–Trinajstić information content (AvgIpc) is 2.81. The molecule has 1 N–H and O–H groups in total. The zero-order chi connectivity index (χ0) is 13.2. The van der Waals surface area contributed by atoms with Crippen molar-refractivity contribution in [2.24, 2.45) is 5.92 Å². The topological polar surface area (TPSA) is 38.1 Å².